The number of halogens is 4. The highest BCUT2D eigenvalue weighted by Crippen LogP contribution is 2.40. The van der Waals surface area contributed by atoms with Gasteiger partial charge in [-0.2, -0.15) is 13.2 Å². The fourth-order valence-electron chi connectivity index (χ4n) is 3.08. The summed E-state index contributed by atoms with van der Waals surface area (Å²) < 4.78 is 40.7. The first-order valence-electron chi connectivity index (χ1n) is 8.13. The average molecular weight is 387 g/mol. The Hall–Kier alpha value is -2.06. The highest BCUT2D eigenvalue weighted by Gasteiger charge is 2.36. The third-order valence-corrected chi connectivity index (χ3v) is 4.53. The molecule has 9 heteroatoms. The lowest BCUT2D eigenvalue weighted by Crippen LogP contribution is -2.40. The van der Waals surface area contributed by atoms with E-state index in [0.29, 0.717) is 0 Å². The molecule has 1 atom stereocenters. The third-order valence-electron chi connectivity index (χ3n) is 4.29. The second-order valence-corrected chi connectivity index (χ2v) is 6.83. The largest absolute Gasteiger partial charge is 0.507 e. The van der Waals surface area contributed by atoms with Gasteiger partial charge in [-0.15, -0.1) is 10.2 Å². The summed E-state index contributed by atoms with van der Waals surface area (Å²) in [7, 11) is 1.97. The summed E-state index contributed by atoms with van der Waals surface area (Å²) in [6.45, 7) is 1.69. The topological polar surface area (TPSA) is 61.3 Å². The van der Waals surface area contributed by atoms with Gasteiger partial charge in [0.15, 0.2) is 0 Å². The molecule has 140 valence electrons. The van der Waals surface area contributed by atoms with E-state index in [4.69, 9.17) is 11.6 Å². The van der Waals surface area contributed by atoms with E-state index in [1.54, 1.807) is 0 Å². The number of benzene rings is 1. The number of nitrogens with zero attached hydrogens (tertiary/aromatic N) is 3. The number of hydrogen-bond acceptors (Lipinski definition) is 5. The van der Waals surface area contributed by atoms with E-state index in [-0.39, 0.29) is 28.2 Å². The quantitative estimate of drug-likeness (QED) is 0.834. The van der Waals surface area contributed by atoms with Crippen molar-refractivity contribution >= 4 is 17.4 Å². The maximum atomic E-state index is 13.6. The molecular formula is C17H18ClF3N4O. The minimum absolute atomic E-state index is 0.0129. The zero-order valence-corrected chi connectivity index (χ0v) is 14.8. The molecule has 3 rings (SSSR count). The predicted octanol–water partition coefficient (Wildman–Crippen LogP) is 4.03. The summed E-state index contributed by atoms with van der Waals surface area (Å²) in [5.74, 6) is -0.318. The average Bonchev–Trinajstić information content (AvgIpc) is 2.54. The van der Waals surface area contributed by atoms with Crippen molar-refractivity contribution in [1.29, 1.82) is 0 Å². The summed E-state index contributed by atoms with van der Waals surface area (Å²) in [6, 6.07) is 4.80. The van der Waals surface area contributed by atoms with Crippen molar-refractivity contribution in [2.24, 2.45) is 0 Å². The van der Waals surface area contributed by atoms with E-state index in [1.165, 1.54) is 18.2 Å². The Morgan fingerprint density at radius 2 is 2.04 bits per heavy atom. The summed E-state index contributed by atoms with van der Waals surface area (Å²) >= 11 is 5.75. The molecule has 0 spiro atoms. The maximum absolute atomic E-state index is 13.6. The van der Waals surface area contributed by atoms with Gasteiger partial charge < -0.3 is 15.3 Å². The van der Waals surface area contributed by atoms with Crippen molar-refractivity contribution in [2.45, 2.75) is 25.1 Å². The zero-order valence-electron chi connectivity index (χ0n) is 14.0. The Morgan fingerprint density at radius 1 is 1.27 bits per heavy atom. The summed E-state index contributed by atoms with van der Waals surface area (Å²) in [5, 5.41) is 20.8. The molecule has 2 heterocycles. The van der Waals surface area contributed by atoms with Crippen LogP contribution in [0.3, 0.4) is 0 Å². The molecule has 0 bridgehead atoms. The van der Waals surface area contributed by atoms with Crippen LogP contribution in [0.2, 0.25) is 5.02 Å². The van der Waals surface area contributed by atoms with Crippen LogP contribution in [-0.2, 0) is 6.18 Å². The molecule has 1 aromatic carbocycles. The van der Waals surface area contributed by atoms with Gasteiger partial charge >= 0.3 is 6.18 Å². The van der Waals surface area contributed by atoms with Crippen molar-refractivity contribution in [3.63, 3.8) is 0 Å². The molecule has 1 aliphatic rings. The number of hydrogen-bond donors (Lipinski definition) is 2. The molecule has 1 fully saturated rings. The monoisotopic (exact) mass is 386 g/mol. The maximum Gasteiger partial charge on any atom is 0.418 e. The van der Waals surface area contributed by atoms with Crippen molar-refractivity contribution < 1.29 is 18.3 Å². The molecule has 0 aliphatic carbocycles. The molecule has 1 saturated heterocycles. The van der Waals surface area contributed by atoms with Crippen LogP contribution in [0.5, 0.6) is 5.75 Å². The molecule has 2 aromatic rings. The zero-order chi connectivity index (χ0) is 18.9. The number of piperidine rings is 1. The van der Waals surface area contributed by atoms with Gasteiger partial charge in [0.05, 0.1) is 5.56 Å². The van der Waals surface area contributed by atoms with Crippen LogP contribution in [0, 0.1) is 0 Å². The number of anilines is 1. The third kappa shape index (κ3) is 4.19. The van der Waals surface area contributed by atoms with Gasteiger partial charge in [-0.25, -0.2) is 0 Å². The lowest BCUT2D eigenvalue weighted by atomic mass is 10.0. The number of phenols is 1. The van der Waals surface area contributed by atoms with Gasteiger partial charge in [-0.05, 0) is 50.7 Å². The summed E-state index contributed by atoms with van der Waals surface area (Å²) in [6.07, 6.45) is -2.82. The van der Waals surface area contributed by atoms with Gasteiger partial charge in [0.25, 0.3) is 0 Å². The van der Waals surface area contributed by atoms with Crippen LogP contribution in [0.4, 0.5) is 19.0 Å². The predicted molar refractivity (Wildman–Crippen MR) is 93.3 cm³/mol. The Kier molecular flexibility index (Phi) is 5.24. The first-order chi connectivity index (χ1) is 12.2. The van der Waals surface area contributed by atoms with Crippen molar-refractivity contribution in [3.05, 3.63) is 34.9 Å². The van der Waals surface area contributed by atoms with Crippen LogP contribution in [-0.4, -0.2) is 46.4 Å². The lowest BCUT2D eigenvalue weighted by molar-refractivity contribution is -0.137. The van der Waals surface area contributed by atoms with Gasteiger partial charge in [-0.3, -0.25) is 0 Å². The van der Waals surface area contributed by atoms with Gasteiger partial charge in [0.1, 0.15) is 17.3 Å². The standard InChI is InChI=1S/C17H18ClF3N4O/c1-25-6-2-3-11(9-25)22-15-8-13(17(19,20)21)16(24-23-15)12-5-4-10(18)7-14(12)26/h4-5,7-8,11,26H,2-3,6,9H2,1H3,(H,22,23)/t11-/m1/s1. The summed E-state index contributed by atoms with van der Waals surface area (Å²) in [4.78, 5) is 2.11. The molecule has 26 heavy (non-hydrogen) atoms. The van der Waals surface area contributed by atoms with Crippen molar-refractivity contribution in [3.8, 4) is 17.0 Å². The van der Waals surface area contributed by atoms with E-state index in [1.807, 2.05) is 7.05 Å². The number of alkyl halides is 3. The second-order valence-electron chi connectivity index (χ2n) is 6.40. The normalized spacial score (nSPS) is 18.7. The van der Waals surface area contributed by atoms with Gasteiger partial charge in [0.2, 0.25) is 0 Å². The van der Waals surface area contributed by atoms with Crippen LogP contribution in [0.1, 0.15) is 18.4 Å². The van der Waals surface area contributed by atoms with E-state index < -0.39 is 17.4 Å². The van der Waals surface area contributed by atoms with E-state index >= 15 is 0 Å². The van der Waals surface area contributed by atoms with Crippen LogP contribution in [0.25, 0.3) is 11.3 Å². The molecular weight excluding hydrogens is 369 g/mol. The first kappa shape index (κ1) is 18.7. The first-order valence-corrected chi connectivity index (χ1v) is 8.50. The fourth-order valence-corrected chi connectivity index (χ4v) is 3.24. The van der Waals surface area contributed by atoms with Crippen molar-refractivity contribution in [1.82, 2.24) is 15.1 Å². The van der Waals surface area contributed by atoms with Crippen LogP contribution in [0.15, 0.2) is 24.3 Å². The van der Waals surface area contributed by atoms with Gasteiger partial charge in [-0.1, -0.05) is 11.6 Å². The van der Waals surface area contributed by atoms with Crippen LogP contribution >= 0.6 is 11.6 Å². The number of likely N-dealkylation sites (tertiary alicyclic amines) is 1. The van der Waals surface area contributed by atoms with Gasteiger partial charge in [0, 0.05) is 23.2 Å². The smallest absolute Gasteiger partial charge is 0.418 e. The van der Waals surface area contributed by atoms with E-state index in [2.05, 4.69) is 20.4 Å². The lowest BCUT2D eigenvalue weighted by Gasteiger charge is -2.30. The molecule has 1 aromatic heterocycles. The SMILES string of the molecule is CN1CCC[C@@H](Nc2cc(C(F)(F)F)c(-c3ccc(Cl)cc3O)nn2)C1. The minimum Gasteiger partial charge on any atom is -0.507 e. The number of nitrogens with one attached hydrogen (secondary N) is 1. The van der Waals surface area contributed by atoms with Crippen LogP contribution < -0.4 is 5.32 Å². The van der Waals surface area contributed by atoms with Crippen molar-refractivity contribution in [2.75, 3.05) is 25.5 Å². The Balaban J connectivity index is 1.96. The molecule has 0 radical (unpaired) electrons. The Morgan fingerprint density at radius 3 is 2.69 bits per heavy atom. The molecule has 1 aliphatic heterocycles. The highest BCUT2D eigenvalue weighted by molar-refractivity contribution is 6.30. The number of aromatic nitrogens is 2. The molecule has 2 N–H and O–H groups in total. The molecule has 0 amide bonds. The second kappa shape index (κ2) is 7.28. The minimum atomic E-state index is -4.64. The molecule has 5 nitrogen and oxygen atoms in total. The highest BCUT2D eigenvalue weighted by atomic mass is 35.5. The number of phenolic OH excluding ortho intramolecular Hbond substituents is 1. The number of rotatable bonds is 3. The number of likely N-dealkylation sites (N-methyl/N-ethyl adjacent to an activating group) is 1. The Bertz CT molecular complexity index is 800. The fraction of sp³-hybridized carbons (Fsp3) is 0.412. The molecule has 0 saturated carbocycles. The molecule has 0 unspecified atom stereocenters. The van der Waals surface area contributed by atoms with E-state index in [0.717, 1.165) is 32.0 Å². The summed E-state index contributed by atoms with van der Waals surface area (Å²) in [5.41, 5.74) is -1.46. The number of aromatic hydroxyl groups is 1. The Labute approximate surface area is 153 Å². The van der Waals surface area contributed by atoms with E-state index in [9.17, 15) is 18.3 Å².